The number of benzene rings is 1. The van der Waals surface area contributed by atoms with Gasteiger partial charge in [0.1, 0.15) is 0 Å². The molecule has 1 heterocycles. The van der Waals surface area contributed by atoms with Gasteiger partial charge in [0, 0.05) is 11.1 Å². The maximum atomic E-state index is 11.2. The lowest BCUT2D eigenvalue weighted by Gasteiger charge is -2.13. The van der Waals surface area contributed by atoms with Gasteiger partial charge in [0.2, 0.25) is 0 Å². The SMILES string of the molecule is O=S1(=O)C=CC(NC(=S)Nc2ccccc2)C1. The van der Waals surface area contributed by atoms with Gasteiger partial charge in [-0.15, -0.1) is 0 Å². The molecule has 0 saturated heterocycles. The van der Waals surface area contributed by atoms with Crippen molar-refractivity contribution in [1.29, 1.82) is 0 Å². The van der Waals surface area contributed by atoms with E-state index in [0.29, 0.717) is 5.11 Å². The summed E-state index contributed by atoms with van der Waals surface area (Å²) < 4.78 is 22.4. The van der Waals surface area contributed by atoms with Crippen LogP contribution in [0.15, 0.2) is 41.8 Å². The van der Waals surface area contributed by atoms with Crippen molar-refractivity contribution in [1.82, 2.24) is 5.32 Å². The maximum Gasteiger partial charge on any atom is 0.173 e. The number of para-hydroxylation sites is 1. The van der Waals surface area contributed by atoms with Crippen molar-refractivity contribution in [3.05, 3.63) is 41.8 Å². The molecule has 0 aliphatic carbocycles. The van der Waals surface area contributed by atoms with Crippen molar-refractivity contribution in [2.75, 3.05) is 11.1 Å². The molecule has 1 aromatic carbocycles. The van der Waals surface area contributed by atoms with E-state index in [0.717, 1.165) is 5.69 Å². The number of thiocarbonyl (C=S) groups is 1. The van der Waals surface area contributed by atoms with Crippen LogP contribution < -0.4 is 10.6 Å². The third kappa shape index (κ3) is 3.54. The molecule has 6 heteroatoms. The molecular weight excluding hydrogens is 256 g/mol. The fourth-order valence-corrected chi connectivity index (χ4v) is 3.03. The summed E-state index contributed by atoms with van der Waals surface area (Å²) in [4.78, 5) is 0. The topological polar surface area (TPSA) is 58.2 Å². The normalized spacial score (nSPS) is 21.1. The molecular formula is C11H12N2O2S2. The highest BCUT2D eigenvalue weighted by atomic mass is 32.2. The molecule has 2 N–H and O–H groups in total. The summed E-state index contributed by atoms with van der Waals surface area (Å²) >= 11 is 5.10. The van der Waals surface area contributed by atoms with Gasteiger partial charge < -0.3 is 10.6 Å². The Hall–Kier alpha value is -1.40. The smallest absolute Gasteiger partial charge is 0.173 e. The Morgan fingerprint density at radius 1 is 1.29 bits per heavy atom. The number of nitrogens with one attached hydrogen (secondary N) is 2. The lowest BCUT2D eigenvalue weighted by atomic mass is 10.3. The Morgan fingerprint density at radius 2 is 2.00 bits per heavy atom. The largest absolute Gasteiger partial charge is 0.355 e. The van der Waals surface area contributed by atoms with Crippen LogP contribution in [0.1, 0.15) is 0 Å². The first-order valence-electron chi connectivity index (χ1n) is 5.09. The van der Waals surface area contributed by atoms with Gasteiger partial charge in [-0.25, -0.2) is 8.42 Å². The van der Waals surface area contributed by atoms with E-state index in [9.17, 15) is 8.42 Å². The predicted molar refractivity (Wildman–Crippen MR) is 72.5 cm³/mol. The summed E-state index contributed by atoms with van der Waals surface area (Å²) in [5.41, 5.74) is 0.870. The molecule has 0 saturated carbocycles. The molecule has 0 fully saturated rings. The van der Waals surface area contributed by atoms with Gasteiger partial charge in [0.05, 0.1) is 11.8 Å². The van der Waals surface area contributed by atoms with Crippen LogP contribution in [0.2, 0.25) is 0 Å². The molecule has 1 aliphatic rings. The van der Waals surface area contributed by atoms with E-state index in [-0.39, 0.29) is 11.8 Å². The Kier molecular flexibility index (Phi) is 3.44. The number of sulfone groups is 1. The average molecular weight is 268 g/mol. The standard InChI is InChI=1S/C11H12N2O2S2/c14-17(15)7-6-10(8-17)13-11(16)12-9-4-2-1-3-5-9/h1-7,10H,8H2,(H2,12,13,16). The van der Waals surface area contributed by atoms with Gasteiger partial charge in [0.25, 0.3) is 0 Å². The van der Waals surface area contributed by atoms with Crippen LogP contribution in [0.3, 0.4) is 0 Å². The molecule has 17 heavy (non-hydrogen) atoms. The van der Waals surface area contributed by atoms with Crippen molar-refractivity contribution >= 4 is 32.9 Å². The van der Waals surface area contributed by atoms with E-state index in [1.165, 1.54) is 5.41 Å². The minimum atomic E-state index is -3.04. The second kappa shape index (κ2) is 4.85. The van der Waals surface area contributed by atoms with Crippen molar-refractivity contribution in [3.63, 3.8) is 0 Å². The lowest BCUT2D eigenvalue weighted by molar-refractivity contribution is 0.603. The summed E-state index contributed by atoms with van der Waals surface area (Å²) in [6.45, 7) is 0. The molecule has 1 aliphatic heterocycles. The van der Waals surface area contributed by atoms with E-state index in [4.69, 9.17) is 12.2 Å². The van der Waals surface area contributed by atoms with Crippen molar-refractivity contribution in [3.8, 4) is 0 Å². The van der Waals surface area contributed by atoms with Gasteiger partial charge in [-0.2, -0.15) is 0 Å². The maximum absolute atomic E-state index is 11.2. The fraction of sp³-hybridized carbons (Fsp3) is 0.182. The molecule has 4 nitrogen and oxygen atoms in total. The molecule has 0 spiro atoms. The minimum absolute atomic E-state index is 0.0591. The van der Waals surface area contributed by atoms with E-state index in [1.807, 2.05) is 30.3 Å². The zero-order valence-electron chi connectivity index (χ0n) is 8.96. The molecule has 0 radical (unpaired) electrons. The number of anilines is 1. The van der Waals surface area contributed by atoms with Gasteiger partial charge in [0.15, 0.2) is 14.9 Å². The number of hydrogen-bond donors (Lipinski definition) is 2. The lowest BCUT2D eigenvalue weighted by Crippen LogP contribution is -2.38. The third-order valence-electron chi connectivity index (χ3n) is 2.28. The van der Waals surface area contributed by atoms with Crippen molar-refractivity contribution in [2.24, 2.45) is 0 Å². The van der Waals surface area contributed by atoms with Crippen LogP contribution in [-0.2, 0) is 9.84 Å². The second-order valence-corrected chi connectivity index (χ2v) is 6.07. The summed E-state index contributed by atoms with van der Waals surface area (Å²) in [6.07, 6.45) is 1.61. The minimum Gasteiger partial charge on any atom is -0.355 e. The first kappa shape index (κ1) is 12.1. The van der Waals surface area contributed by atoms with Crippen LogP contribution in [-0.4, -0.2) is 25.3 Å². The summed E-state index contributed by atoms with van der Waals surface area (Å²) in [7, 11) is -3.04. The van der Waals surface area contributed by atoms with Crippen LogP contribution >= 0.6 is 12.2 Å². The molecule has 1 atom stereocenters. The fourth-order valence-electron chi connectivity index (χ4n) is 1.52. The predicted octanol–water partition coefficient (Wildman–Crippen LogP) is 1.28. The Bertz CT molecular complexity index is 538. The zero-order chi connectivity index (χ0) is 12.3. The van der Waals surface area contributed by atoms with Gasteiger partial charge in [-0.3, -0.25) is 0 Å². The van der Waals surface area contributed by atoms with Gasteiger partial charge >= 0.3 is 0 Å². The molecule has 2 rings (SSSR count). The summed E-state index contributed by atoms with van der Waals surface area (Å²) in [5.74, 6) is 0.0591. The Balaban J connectivity index is 1.89. The molecule has 0 aromatic heterocycles. The first-order chi connectivity index (χ1) is 8.05. The van der Waals surface area contributed by atoms with E-state index in [2.05, 4.69) is 10.6 Å². The molecule has 0 amide bonds. The molecule has 1 unspecified atom stereocenters. The van der Waals surface area contributed by atoms with Gasteiger partial charge in [-0.1, -0.05) is 18.2 Å². The quantitative estimate of drug-likeness (QED) is 0.791. The Morgan fingerprint density at radius 3 is 2.59 bits per heavy atom. The van der Waals surface area contributed by atoms with Crippen LogP contribution in [0, 0.1) is 0 Å². The molecule has 90 valence electrons. The van der Waals surface area contributed by atoms with E-state index in [1.54, 1.807) is 6.08 Å². The van der Waals surface area contributed by atoms with E-state index >= 15 is 0 Å². The average Bonchev–Trinajstić information content (AvgIpc) is 2.59. The molecule has 0 bridgehead atoms. The van der Waals surface area contributed by atoms with Crippen molar-refractivity contribution < 1.29 is 8.42 Å². The zero-order valence-corrected chi connectivity index (χ0v) is 10.6. The Labute approximate surface area is 106 Å². The number of hydrogen-bond acceptors (Lipinski definition) is 3. The highest BCUT2D eigenvalue weighted by molar-refractivity contribution is 7.94. The second-order valence-electron chi connectivity index (χ2n) is 3.73. The molecule has 1 aromatic rings. The highest BCUT2D eigenvalue weighted by Crippen LogP contribution is 2.09. The monoisotopic (exact) mass is 268 g/mol. The van der Waals surface area contributed by atoms with Crippen LogP contribution in [0.25, 0.3) is 0 Å². The first-order valence-corrected chi connectivity index (χ1v) is 7.21. The highest BCUT2D eigenvalue weighted by Gasteiger charge is 2.21. The van der Waals surface area contributed by atoms with E-state index < -0.39 is 9.84 Å². The van der Waals surface area contributed by atoms with Gasteiger partial charge in [-0.05, 0) is 30.4 Å². The van der Waals surface area contributed by atoms with Crippen LogP contribution in [0.4, 0.5) is 5.69 Å². The van der Waals surface area contributed by atoms with Crippen molar-refractivity contribution in [2.45, 2.75) is 6.04 Å². The number of rotatable bonds is 2. The summed E-state index contributed by atoms with van der Waals surface area (Å²) in [5, 5.41) is 7.56. The third-order valence-corrected chi connectivity index (χ3v) is 3.89. The summed E-state index contributed by atoms with van der Waals surface area (Å²) in [6, 6.07) is 9.22. The van der Waals surface area contributed by atoms with Crippen LogP contribution in [0.5, 0.6) is 0 Å².